The summed E-state index contributed by atoms with van der Waals surface area (Å²) >= 11 is 0. The summed E-state index contributed by atoms with van der Waals surface area (Å²) < 4.78 is 31.4. The summed E-state index contributed by atoms with van der Waals surface area (Å²) in [6.45, 7) is 5.93. The van der Waals surface area contributed by atoms with Gasteiger partial charge in [0.2, 0.25) is 5.95 Å². The van der Waals surface area contributed by atoms with Gasteiger partial charge in [0.15, 0.2) is 12.1 Å². The maximum Gasteiger partial charge on any atom is 0.229 e. The van der Waals surface area contributed by atoms with E-state index in [0.29, 0.717) is 34.1 Å². The van der Waals surface area contributed by atoms with Crippen molar-refractivity contribution in [3.63, 3.8) is 0 Å². The molecule has 0 spiro atoms. The van der Waals surface area contributed by atoms with E-state index in [2.05, 4.69) is 37.9 Å². The van der Waals surface area contributed by atoms with Crippen LogP contribution in [0.4, 0.5) is 20.5 Å². The Morgan fingerprint density at radius 1 is 1.05 bits per heavy atom. The molecule has 2 saturated heterocycles. The van der Waals surface area contributed by atoms with Gasteiger partial charge >= 0.3 is 0 Å². The van der Waals surface area contributed by atoms with Crippen LogP contribution in [0.1, 0.15) is 61.6 Å². The molecule has 0 saturated carbocycles. The number of nitrogens with zero attached hydrogens (tertiary/aromatic N) is 4. The highest BCUT2D eigenvalue weighted by atomic mass is 19.1. The molecule has 2 unspecified atom stereocenters. The van der Waals surface area contributed by atoms with Crippen LogP contribution in [-0.2, 0) is 0 Å². The predicted molar refractivity (Wildman–Crippen MR) is 153 cm³/mol. The lowest BCUT2D eigenvalue weighted by molar-refractivity contribution is 0.112. The Kier molecular flexibility index (Phi) is 8.18. The molecule has 0 aliphatic carbocycles. The van der Waals surface area contributed by atoms with Gasteiger partial charge in [0, 0.05) is 52.6 Å². The van der Waals surface area contributed by atoms with E-state index in [1.165, 1.54) is 37.9 Å². The van der Waals surface area contributed by atoms with Gasteiger partial charge in [-0.3, -0.25) is 4.79 Å². The number of benzene rings is 1. The molecule has 2 aliphatic rings. The van der Waals surface area contributed by atoms with Crippen molar-refractivity contribution >= 4 is 29.0 Å². The van der Waals surface area contributed by atoms with E-state index in [9.17, 15) is 13.6 Å². The molecule has 210 valence electrons. The number of aromatic nitrogens is 4. The highest BCUT2D eigenvalue weighted by Gasteiger charge is 2.32. The Bertz CT molecular complexity index is 1490. The SMILES string of the molecule is CNC1CC2CCC(C1)N2.Cc1cc2c(F)cc(-c3nc(Nc4ccc(C=O)cn4)ncc3F)cc2n1C(C)C. The van der Waals surface area contributed by atoms with Crippen molar-refractivity contribution in [2.45, 2.75) is 70.6 Å². The van der Waals surface area contributed by atoms with Gasteiger partial charge in [0.1, 0.15) is 17.3 Å². The summed E-state index contributed by atoms with van der Waals surface area (Å²) in [5.74, 6) is -0.607. The molecule has 6 rings (SSSR count). The third-order valence-corrected chi connectivity index (χ3v) is 7.68. The van der Waals surface area contributed by atoms with E-state index in [1.54, 1.807) is 24.3 Å². The lowest BCUT2D eigenvalue weighted by atomic mass is 10.0. The quantitative estimate of drug-likeness (QED) is 0.266. The number of carbonyl (C=O) groups is 1. The average molecular weight is 548 g/mol. The Hall–Kier alpha value is -3.76. The summed E-state index contributed by atoms with van der Waals surface area (Å²) in [5, 5.41) is 10.3. The Morgan fingerprint density at radius 2 is 1.80 bits per heavy atom. The fraction of sp³-hybridized carbons (Fsp3) is 0.400. The molecule has 3 aromatic heterocycles. The first-order valence-electron chi connectivity index (χ1n) is 13.7. The highest BCUT2D eigenvalue weighted by Crippen LogP contribution is 2.32. The number of halogens is 2. The minimum Gasteiger partial charge on any atom is -0.342 e. The highest BCUT2D eigenvalue weighted by molar-refractivity contribution is 5.87. The number of hydrogen-bond donors (Lipinski definition) is 3. The third kappa shape index (κ3) is 5.88. The lowest BCUT2D eigenvalue weighted by Gasteiger charge is -2.28. The van der Waals surface area contributed by atoms with E-state index in [1.807, 2.05) is 25.3 Å². The topological polar surface area (TPSA) is 96.8 Å². The minimum atomic E-state index is -0.664. The number of aldehydes is 1. The Balaban J connectivity index is 0.000000269. The van der Waals surface area contributed by atoms with Gasteiger partial charge in [-0.25, -0.2) is 23.7 Å². The monoisotopic (exact) mass is 547 g/mol. The van der Waals surface area contributed by atoms with E-state index in [-0.39, 0.29) is 17.7 Å². The number of piperidine rings is 1. The molecule has 0 amide bonds. The number of anilines is 2. The molecule has 10 heteroatoms. The first-order valence-corrected chi connectivity index (χ1v) is 13.7. The zero-order valence-electron chi connectivity index (χ0n) is 23.2. The first kappa shape index (κ1) is 27.8. The number of hydrogen-bond acceptors (Lipinski definition) is 7. The van der Waals surface area contributed by atoms with Crippen molar-refractivity contribution in [1.82, 2.24) is 30.2 Å². The predicted octanol–water partition coefficient (Wildman–Crippen LogP) is 5.71. The summed E-state index contributed by atoms with van der Waals surface area (Å²) in [6, 6.07) is 10.5. The molecular weight excluding hydrogens is 512 g/mol. The average Bonchev–Trinajstić information content (AvgIpc) is 3.47. The second-order valence-electron chi connectivity index (χ2n) is 10.8. The van der Waals surface area contributed by atoms with Crippen LogP contribution in [-0.4, -0.2) is 51.0 Å². The van der Waals surface area contributed by atoms with Crippen LogP contribution in [0.2, 0.25) is 0 Å². The molecule has 2 fully saturated rings. The van der Waals surface area contributed by atoms with Crippen LogP contribution in [0.25, 0.3) is 22.2 Å². The zero-order chi connectivity index (χ0) is 28.4. The normalized spacial score (nSPS) is 19.9. The molecule has 40 heavy (non-hydrogen) atoms. The number of nitrogens with one attached hydrogen (secondary N) is 3. The van der Waals surface area contributed by atoms with Crippen molar-refractivity contribution in [3.05, 3.63) is 65.6 Å². The summed E-state index contributed by atoms with van der Waals surface area (Å²) in [6.07, 6.45) is 8.60. The van der Waals surface area contributed by atoms with Crippen molar-refractivity contribution in [3.8, 4) is 11.3 Å². The van der Waals surface area contributed by atoms with E-state index >= 15 is 0 Å². The number of carbonyl (C=O) groups excluding carboxylic acids is 1. The summed E-state index contributed by atoms with van der Waals surface area (Å²) in [5.41, 5.74) is 2.32. The Labute approximate surface area is 232 Å². The van der Waals surface area contributed by atoms with Gasteiger partial charge in [0.05, 0.1) is 11.7 Å². The summed E-state index contributed by atoms with van der Waals surface area (Å²) in [4.78, 5) is 23.0. The first-order chi connectivity index (χ1) is 19.2. The van der Waals surface area contributed by atoms with Gasteiger partial charge in [-0.05, 0) is 83.8 Å². The van der Waals surface area contributed by atoms with Gasteiger partial charge in [-0.2, -0.15) is 0 Å². The van der Waals surface area contributed by atoms with Crippen LogP contribution >= 0.6 is 0 Å². The maximum absolute atomic E-state index is 14.8. The molecule has 3 N–H and O–H groups in total. The standard InChI is InChI=1S/C22H19F2N5O.C8H16N2/c1-12(2)29-13(3)6-16-17(23)7-15(8-19(16)29)21-18(24)10-26-22(28-21)27-20-5-4-14(11-30)9-25-20;1-9-8-4-6-2-3-7(5-8)10-6/h4-12H,1-3H3,(H,25,26,27,28);6-10H,2-5H2,1H3. The van der Waals surface area contributed by atoms with Crippen LogP contribution in [0.3, 0.4) is 0 Å². The van der Waals surface area contributed by atoms with Gasteiger partial charge in [0.25, 0.3) is 0 Å². The van der Waals surface area contributed by atoms with Gasteiger partial charge < -0.3 is 20.5 Å². The Morgan fingerprint density at radius 3 is 2.42 bits per heavy atom. The fourth-order valence-corrected chi connectivity index (χ4v) is 5.82. The van der Waals surface area contributed by atoms with Gasteiger partial charge in [-0.1, -0.05) is 0 Å². The number of aryl methyl sites for hydroxylation is 1. The van der Waals surface area contributed by atoms with E-state index < -0.39 is 11.6 Å². The van der Waals surface area contributed by atoms with Crippen molar-refractivity contribution < 1.29 is 13.6 Å². The third-order valence-electron chi connectivity index (χ3n) is 7.68. The van der Waals surface area contributed by atoms with Crippen LogP contribution in [0, 0.1) is 18.6 Å². The molecule has 2 bridgehead atoms. The zero-order valence-corrected chi connectivity index (χ0v) is 23.2. The van der Waals surface area contributed by atoms with E-state index in [0.717, 1.165) is 30.0 Å². The number of pyridine rings is 1. The van der Waals surface area contributed by atoms with Crippen LogP contribution in [0.15, 0.2) is 42.7 Å². The van der Waals surface area contributed by atoms with Crippen LogP contribution < -0.4 is 16.0 Å². The van der Waals surface area contributed by atoms with Gasteiger partial charge in [-0.15, -0.1) is 0 Å². The molecule has 4 aromatic rings. The largest absolute Gasteiger partial charge is 0.342 e. The number of fused-ring (bicyclic) bond motifs is 3. The van der Waals surface area contributed by atoms with Crippen molar-refractivity contribution in [2.24, 2.45) is 0 Å². The molecule has 0 radical (unpaired) electrons. The molecule has 2 aliphatic heterocycles. The minimum absolute atomic E-state index is 0.0213. The molecule has 5 heterocycles. The van der Waals surface area contributed by atoms with Crippen molar-refractivity contribution in [1.29, 1.82) is 0 Å². The lowest BCUT2D eigenvalue weighted by Crippen LogP contribution is -2.45. The smallest absolute Gasteiger partial charge is 0.229 e. The maximum atomic E-state index is 14.8. The second kappa shape index (κ2) is 11.8. The number of rotatable bonds is 6. The molecular formula is C30H35F2N7O. The van der Waals surface area contributed by atoms with Crippen LogP contribution in [0.5, 0.6) is 0 Å². The molecule has 8 nitrogen and oxygen atoms in total. The fourth-order valence-electron chi connectivity index (χ4n) is 5.82. The molecule has 1 aromatic carbocycles. The van der Waals surface area contributed by atoms with E-state index in [4.69, 9.17) is 0 Å². The van der Waals surface area contributed by atoms with Crippen molar-refractivity contribution in [2.75, 3.05) is 12.4 Å². The molecule has 2 atom stereocenters. The second-order valence-corrected chi connectivity index (χ2v) is 10.8. The summed E-state index contributed by atoms with van der Waals surface area (Å²) in [7, 11) is 2.08.